The maximum absolute atomic E-state index is 14.4. The van der Waals surface area contributed by atoms with E-state index in [1.807, 2.05) is 0 Å². The van der Waals surface area contributed by atoms with Gasteiger partial charge in [0.1, 0.15) is 11.9 Å². The first-order valence-electron chi connectivity index (χ1n) is 23.6. The van der Waals surface area contributed by atoms with E-state index in [0.29, 0.717) is 30.1 Å². The number of benzene rings is 1. The fourth-order valence-corrected chi connectivity index (χ4v) is 15.1. The number of anilines is 1. The number of amides is 2. The molecule has 0 aromatic heterocycles. The molecular formula is C50H69N3O10. The van der Waals surface area contributed by atoms with Crippen molar-refractivity contribution in [3.05, 3.63) is 34.9 Å². The van der Waals surface area contributed by atoms with E-state index >= 15 is 0 Å². The molecule has 7 unspecified atom stereocenters. The van der Waals surface area contributed by atoms with Gasteiger partial charge in [0.15, 0.2) is 34.7 Å². The van der Waals surface area contributed by atoms with Crippen molar-refractivity contribution in [2.45, 2.75) is 142 Å². The highest BCUT2D eigenvalue weighted by Crippen LogP contribution is 2.67. The molecule has 0 spiro atoms. The van der Waals surface area contributed by atoms with E-state index in [9.17, 15) is 44.1 Å². The van der Waals surface area contributed by atoms with Gasteiger partial charge in [-0.05, 0) is 123 Å². The van der Waals surface area contributed by atoms with Crippen molar-refractivity contribution in [2.24, 2.45) is 75.7 Å². The van der Waals surface area contributed by atoms with Crippen LogP contribution in [0, 0.1) is 70.0 Å². The van der Waals surface area contributed by atoms with Crippen LogP contribution in [0.5, 0.6) is 5.75 Å². The minimum atomic E-state index is -3.10. The molecule has 7 aliphatic carbocycles. The second kappa shape index (κ2) is 16.2. The highest BCUT2D eigenvalue weighted by molar-refractivity contribution is 6.32. The molecule has 7 aliphatic rings. The number of carbonyl (C=O) groups excluding carboxylic acids is 6. The van der Waals surface area contributed by atoms with E-state index in [0.717, 1.165) is 36.5 Å². The Balaban J connectivity index is 0.965. The third-order valence-electron chi connectivity index (χ3n) is 18.3. The van der Waals surface area contributed by atoms with Gasteiger partial charge in [0, 0.05) is 12.3 Å². The van der Waals surface area contributed by atoms with Crippen molar-refractivity contribution in [3.63, 3.8) is 0 Å². The molecule has 5 fully saturated rings. The lowest BCUT2D eigenvalue weighted by atomic mass is 9.47. The number of hydrogen-bond acceptors (Lipinski definition) is 11. The summed E-state index contributed by atoms with van der Waals surface area (Å²) < 4.78 is 6.00. The number of aliphatic hydroxyl groups excluding tert-OH is 1. The number of carbonyl (C=O) groups is 6. The van der Waals surface area contributed by atoms with E-state index in [1.54, 1.807) is 6.92 Å². The highest BCUT2D eigenvalue weighted by Gasteiger charge is 2.73. The molecule has 0 aliphatic heterocycles. The van der Waals surface area contributed by atoms with Gasteiger partial charge in [-0.3, -0.25) is 34.2 Å². The number of hydrogen-bond donors (Lipinski definition) is 5. The summed E-state index contributed by atoms with van der Waals surface area (Å²) in [5, 5.41) is 38.1. The zero-order chi connectivity index (χ0) is 45.8. The van der Waals surface area contributed by atoms with E-state index < -0.39 is 88.2 Å². The number of allylic oxidation sites excluding steroid dienone is 1. The fraction of sp³-hybridized carbons (Fsp3) is 0.720. The number of nitrogens with two attached hydrogens (primary N) is 1. The lowest BCUT2D eigenvalue weighted by molar-refractivity contribution is -0.196. The molecule has 0 heterocycles. The molecule has 1 aromatic carbocycles. The Morgan fingerprint density at radius 3 is 2.37 bits per heavy atom. The number of rotatable bonds is 9. The summed E-state index contributed by atoms with van der Waals surface area (Å²) in [7, 11) is 2.89. The molecule has 5 saturated carbocycles. The van der Waals surface area contributed by atoms with Crippen LogP contribution in [0.25, 0.3) is 0 Å². The van der Waals surface area contributed by atoms with Gasteiger partial charge in [-0.1, -0.05) is 78.5 Å². The molecule has 0 bridgehead atoms. The minimum absolute atomic E-state index is 0.0520. The summed E-state index contributed by atoms with van der Waals surface area (Å²) in [5.41, 5.74) is 3.98. The van der Waals surface area contributed by atoms with Gasteiger partial charge in [-0.2, -0.15) is 0 Å². The minimum Gasteiger partial charge on any atom is -0.505 e. The maximum Gasteiger partial charge on any atom is 0.412 e. The molecule has 0 saturated heterocycles. The Labute approximate surface area is 371 Å². The Kier molecular flexibility index (Phi) is 11.7. The first-order chi connectivity index (χ1) is 29.6. The van der Waals surface area contributed by atoms with E-state index in [1.165, 1.54) is 81.6 Å². The third-order valence-corrected chi connectivity index (χ3v) is 18.3. The Bertz CT molecular complexity index is 2130. The molecule has 0 radical (unpaired) electrons. The summed E-state index contributed by atoms with van der Waals surface area (Å²) in [6.45, 7) is 13.8. The summed E-state index contributed by atoms with van der Waals surface area (Å²) in [6.07, 6.45) is 11.9. The number of ketones is 4. The van der Waals surface area contributed by atoms with Gasteiger partial charge in [0.2, 0.25) is 5.91 Å². The number of nitrogens with one attached hydrogen (secondary N) is 1. The van der Waals surface area contributed by atoms with E-state index in [4.69, 9.17) is 10.5 Å². The summed E-state index contributed by atoms with van der Waals surface area (Å²) in [4.78, 5) is 83.1. The molecule has 6 N–H and O–H groups in total. The van der Waals surface area contributed by atoms with Crippen molar-refractivity contribution in [3.8, 4) is 5.75 Å². The largest absolute Gasteiger partial charge is 0.505 e. The topological polar surface area (TPSA) is 214 Å². The van der Waals surface area contributed by atoms with Crippen LogP contribution in [0.3, 0.4) is 0 Å². The first-order valence-corrected chi connectivity index (χ1v) is 23.6. The fourth-order valence-electron chi connectivity index (χ4n) is 15.1. The zero-order valence-corrected chi connectivity index (χ0v) is 38.3. The average Bonchev–Trinajstić information content (AvgIpc) is 3.57. The van der Waals surface area contributed by atoms with Crippen molar-refractivity contribution in [2.75, 3.05) is 19.4 Å². The van der Waals surface area contributed by atoms with E-state index in [-0.39, 0.29) is 28.3 Å². The molecule has 13 nitrogen and oxygen atoms in total. The zero-order valence-electron chi connectivity index (χ0n) is 38.3. The van der Waals surface area contributed by atoms with Gasteiger partial charge in [0.05, 0.1) is 35.2 Å². The van der Waals surface area contributed by atoms with Crippen molar-refractivity contribution >= 4 is 40.8 Å². The highest BCUT2D eigenvalue weighted by atomic mass is 16.6. The lowest BCUT2D eigenvalue weighted by Gasteiger charge is -2.58. The summed E-state index contributed by atoms with van der Waals surface area (Å²) >= 11 is 0. The van der Waals surface area contributed by atoms with Gasteiger partial charge >= 0.3 is 6.09 Å². The molecule has 344 valence electrons. The number of nitrogens with zero attached hydrogens (tertiary/aromatic N) is 1. The summed E-state index contributed by atoms with van der Waals surface area (Å²) in [6, 6.07) is 1.50. The van der Waals surface area contributed by atoms with Crippen LogP contribution in [0.15, 0.2) is 23.8 Å². The van der Waals surface area contributed by atoms with Crippen LogP contribution in [0.1, 0.15) is 134 Å². The van der Waals surface area contributed by atoms with E-state index in [2.05, 4.69) is 46.0 Å². The van der Waals surface area contributed by atoms with Crippen LogP contribution in [-0.2, 0) is 23.9 Å². The number of ether oxygens (including phenoxy) is 1. The lowest BCUT2D eigenvalue weighted by Crippen LogP contribution is -2.77. The smallest absolute Gasteiger partial charge is 0.412 e. The molecule has 1 aromatic rings. The molecule has 2 amide bonds. The number of aromatic hydroxyl groups is 1. The number of likely N-dealkylation sites (N-methyl/N-ethyl adjacent to an activating group) is 1. The number of fused-ring (bicyclic) bond motifs is 8. The van der Waals surface area contributed by atoms with Gasteiger partial charge < -0.3 is 25.8 Å². The maximum atomic E-state index is 14.4. The second-order valence-corrected chi connectivity index (χ2v) is 22.0. The van der Waals surface area contributed by atoms with Gasteiger partial charge in [-0.15, -0.1) is 0 Å². The molecule has 13 heteroatoms. The van der Waals surface area contributed by atoms with Crippen molar-refractivity contribution < 1.29 is 48.8 Å². The Hall–Kier alpha value is -3.94. The second-order valence-electron chi connectivity index (χ2n) is 22.0. The number of phenols is 1. The van der Waals surface area contributed by atoms with Crippen LogP contribution >= 0.6 is 0 Å². The van der Waals surface area contributed by atoms with Crippen LogP contribution in [0.2, 0.25) is 0 Å². The molecule has 63 heavy (non-hydrogen) atoms. The van der Waals surface area contributed by atoms with Crippen LogP contribution < -0.4 is 11.1 Å². The Morgan fingerprint density at radius 1 is 0.984 bits per heavy atom. The predicted molar refractivity (Wildman–Crippen MR) is 234 cm³/mol. The molecule has 16 atom stereocenters. The number of primary amides is 1. The quantitative estimate of drug-likeness (QED) is 0.105. The van der Waals surface area contributed by atoms with Crippen LogP contribution in [0.4, 0.5) is 10.5 Å². The van der Waals surface area contributed by atoms with Crippen molar-refractivity contribution in [1.82, 2.24) is 4.90 Å². The van der Waals surface area contributed by atoms with Gasteiger partial charge in [-0.25, -0.2) is 4.79 Å². The molecule has 8 rings (SSSR count). The molecular weight excluding hydrogens is 803 g/mol. The van der Waals surface area contributed by atoms with Gasteiger partial charge in [0.25, 0.3) is 0 Å². The standard InChI is InChI=1S/C50H69N3O10/c1-23(2)10-9-11-24(3)30-15-16-31-29-13-12-26-22-27(18-20-48(26,5)32(29)19-21-49(30,31)6)63-47(61)52-33-17-14-28-25(4)34-36(41(55)35(28)40(33)54)44(58)50(62)38(42(34)56)39(53(7)8)43(57)37(45(50)59)46(51)60/h12,14,17,23-25,27,29-32,34,36-39,42,54,56,62H,9-11,13,15-16,18-22H2,1-8H3,(H2,51,60)(H,52,61)/t24-,25-,27?,29?,30+,31?,32?,34+,36?,37?,38+,39?,42-,48-,49+,50-/m0/s1. The third kappa shape index (κ3) is 6.86. The number of aliphatic hydroxyl groups is 2. The predicted octanol–water partition coefficient (Wildman–Crippen LogP) is 6.36. The summed E-state index contributed by atoms with van der Waals surface area (Å²) in [5.74, 6) is -10.0. The SMILES string of the molecule is CC(C)CCC[C@H](C)[C@H]1CCC2C3CC=C4CC(OC(=O)Nc5ccc6c(c5O)C(=O)C5C(=O)[C@]7(O)C(=O)C(C(N)=O)C(=O)C(N(C)C)[C@@H]7[C@@H](O)[C@@H]5[C@H]6C)CC[C@]4(C)C3CC[C@@]21C. The average molecular weight is 872 g/mol. The van der Waals surface area contributed by atoms with Crippen LogP contribution in [-0.4, -0.2) is 93.3 Å². The number of phenolic OH excluding ortho intramolecular Hbond substituents is 1. The Morgan fingerprint density at radius 2 is 1.70 bits per heavy atom. The first kappa shape index (κ1) is 45.6. The number of Topliss-reactive ketones (excluding diaryl/α,β-unsaturated/α-hetero) is 4. The monoisotopic (exact) mass is 871 g/mol. The normalized spacial score (nSPS) is 41.1. The van der Waals surface area contributed by atoms with Crippen molar-refractivity contribution in [1.29, 1.82) is 0 Å².